The minimum atomic E-state index is 0.854. The van der Waals surface area contributed by atoms with E-state index in [1.54, 1.807) is 0 Å². The van der Waals surface area contributed by atoms with E-state index in [1.807, 2.05) is 24.3 Å². The molecule has 0 aromatic heterocycles. The van der Waals surface area contributed by atoms with Crippen LogP contribution in [-0.4, -0.2) is 6.21 Å². The van der Waals surface area contributed by atoms with Gasteiger partial charge < -0.3 is 5.41 Å². The fraction of sp³-hybridized carbons (Fsp3) is 0. The van der Waals surface area contributed by atoms with Gasteiger partial charge in [0.05, 0.1) is 0 Å². The number of benzene rings is 1. The lowest BCUT2D eigenvalue weighted by molar-refractivity contribution is 1.42. The lowest BCUT2D eigenvalue weighted by atomic mass is 10.2. The van der Waals surface area contributed by atoms with E-state index in [-0.39, 0.29) is 0 Å². The summed E-state index contributed by atoms with van der Waals surface area (Å²) < 4.78 is 0. The summed E-state index contributed by atoms with van der Waals surface area (Å²) in [7, 11) is 0. The molecule has 0 saturated heterocycles. The van der Waals surface area contributed by atoms with Crippen LogP contribution in [0.1, 0.15) is 5.56 Å². The molecular formula is C7H7NS. The molecule has 0 aliphatic carbocycles. The molecule has 46 valence electrons. The molecule has 1 N–H and O–H groups in total. The molecule has 0 heterocycles. The van der Waals surface area contributed by atoms with E-state index in [2.05, 4.69) is 12.6 Å². The number of hydrogen-bond donors (Lipinski definition) is 2. The zero-order valence-electron chi connectivity index (χ0n) is 4.83. The largest absolute Gasteiger partial charge is 0.308 e. The zero-order chi connectivity index (χ0) is 6.69. The predicted molar refractivity (Wildman–Crippen MR) is 41.6 cm³/mol. The van der Waals surface area contributed by atoms with Crippen molar-refractivity contribution in [3.63, 3.8) is 0 Å². The molecule has 0 amide bonds. The van der Waals surface area contributed by atoms with Crippen molar-refractivity contribution in [2.24, 2.45) is 0 Å². The van der Waals surface area contributed by atoms with Gasteiger partial charge in [0, 0.05) is 16.7 Å². The van der Waals surface area contributed by atoms with Gasteiger partial charge in [0.25, 0.3) is 0 Å². The van der Waals surface area contributed by atoms with Gasteiger partial charge in [-0.15, -0.1) is 12.6 Å². The highest BCUT2D eigenvalue weighted by molar-refractivity contribution is 7.80. The number of thiol groups is 1. The van der Waals surface area contributed by atoms with Gasteiger partial charge >= 0.3 is 0 Å². The van der Waals surface area contributed by atoms with Crippen LogP contribution < -0.4 is 0 Å². The highest BCUT2D eigenvalue weighted by Crippen LogP contribution is 2.09. The molecule has 0 bridgehead atoms. The average molecular weight is 137 g/mol. The molecule has 1 aromatic rings. The van der Waals surface area contributed by atoms with Gasteiger partial charge in [-0.1, -0.05) is 18.2 Å². The Morgan fingerprint density at radius 2 is 2.00 bits per heavy atom. The molecule has 1 rings (SSSR count). The molecule has 0 unspecified atom stereocenters. The van der Waals surface area contributed by atoms with Crippen LogP contribution in [0.2, 0.25) is 0 Å². The lowest BCUT2D eigenvalue weighted by Gasteiger charge is -1.93. The summed E-state index contributed by atoms with van der Waals surface area (Å²) in [6.07, 6.45) is 1.29. The third kappa shape index (κ3) is 1.33. The van der Waals surface area contributed by atoms with Crippen molar-refractivity contribution in [2.45, 2.75) is 4.90 Å². The molecule has 1 nitrogen and oxygen atoms in total. The first-order valence-electron chi connectivity index (χ1n) is 2.63. The van der Waals surface area contributed by atoms with E-state index in [1.165, 1.54) is 6.21 Å². The summed E-state index contributed by atoms with van der Waals surface area (Å²) in [5, 5.41) is 6.91. The minimum Gasteiger partial charge on any atom is -0.308 e. The molecule has 9 heavy (non-hydrogen) atoms. The van der Waals surface area contributed by atoms with Gasteiger partial charge in [-0.2, -0.15) is 0 Å². The summed E-state index contributed by atoms with van der Waals surface area (Å²) in [4.78, 5) is 0.854. The predicted octanol–water partition coefficient (Wildman–Crippen LogP) is 1.97. The summed E-state index contributed by atoms with van der Waals surface area (Å²) in [5.74, 6) is 0. The van der Waals surface area contributed by atoms with E-state index in [4.69, 9.17) is 5.41 Å². The van der Waals surface area contributed by atoms with Gasteiger partial charge in [-0.3, -0.25) is 0 Å². The van der Waals surface area contributed by atoms with Crippen LogP contribution in [0.15, 0.2) is 29.2 Å². The van der Waals surface area contributed by atoms with E-state index in [0.29, 0.717) is 0 Å². The summed E-state index contributed by atoms with van der Waals surface area (Å²) in [5.41, 5.74) is 0.862. The normalized spacial score (nSPS) is 9.00. The molecule has 0 atom stereocenters. The Morgan fingerprint density at radius 1 is 1.33 bits per heavy atom. The third-order valence-electron chi connectivity index (χ3n) is 1.09. The number of rotatable bonds is 1. The fourth-order valence-corrected chi connectivity index (χ4v) is 0.835. The van der Waals surface area contributed by atoms with Crippen molar-refractivity contribution in [1.29, 1.82) is 5.41 Å². The summed E-state index contributed by atoms with van der Waals surface area (Å²) >= 11 is 4.13. The SMILES string of the molecule is N=Cc1ccccc1S. The second kappa shape index (κ2) is 2.69. The maximum Gasteiger partial charge on any atom is 0.0261 e. The van der Waals surface area contributed by atoms with Crippen molar-refractivity contribution < 1.29 is 0 Å². The molecular weight excluding hydrogens is 130 g/mol. The Bertz CT molecular complexity index is 220. The minimum absolute atomic E-state index is 0.854. The average Bonchev–Trinajstić information content (AvgIpc) is 1.89. The second-order valence-corrected chi connectivity index (χ2v) is 2.18. The van der Waals surface area contributed by atoms with Crippen molar-refractivity contribution in [3.05, 3.63) is 29.8 Å². The van der Waals surface area contributed by atoms with Gasteiger partial charge in [0.15, 0.2) is 0 Å². The maximum atomic E-state index is 6.91. The lowest BCUT2D eigenvalue weighted by Crippen LogP contribution is -1.78. The van der Waals surface area contributed by atoms with E-state index in [0.717, 1.165) is 10.5 Å². The first-order valence-corrected chi connectivity index (χ1v) is 3.08. The first-order chi connectivity index (χ1) is 4.34. The second-order valence-electron chi connectivity index (χ2n) is 1.70. The van der Waals surface area contributed by atoms with Crippen molar-refractivity contribution >= 4 is 18.8 Å². The molecule has 0 saturated carbocycles. The van der Waals surface area contributed by atoms with Crippen LogP contribution in [-0.2, 0) is 0 Å². The van der Waals surface area contributed by atoms with Crippen LogP contribution in [0.5, 0.6) is 0 Å². The Morgan fingerprint density at radius 3 is 2.44 bits per heavy atom. The zero-order valence-corrected chi connectivity index (χ0v) is 5.73. The van der Waals surface area contributed by atoms with Gasteiger partial charge in [0.1, 0.15) is 0 Å². The number of hydrogen-bond acceptors (Lipinski definition) is 2. The van der Waals surface area contributed by atoms with Crippen molar-refractivity contribution in [1.82, 2.24) is 0 Å². The van der Waals surface area contributed by atoms with Crippen molar-refractivity contribution in [2.75, 3.05) is 0 Å². The summed E-state index contributed by atoms with van der Waals surface area (Å²) in [6, 6.07) is 7.51. The molecule has 0 aliphatic heterocycles. The first kappa shape index (κ1) is 6.36. The molecule has 0 spiro atoms. The van der Waals surface area contributed by atoms with E-state index in [9.17, 15) is 0 Å². The molecule has 0 radical (unpaired) electrons. The van der Waals surface area contributed by atoms with Crippen LogP contribution in [0, 0.1) is 5.41 Å². The highest BCUT2D eigenvalue weighted by Gasteiger charge is 1.88. The van der Waals surface area contributed by atoms with Gasteiger partial charge in [-0.25, -0.2) is 0 Å². The standard InChI is InChI=1S/C7H7NS/c8-5-6-3-1-2-4-7(6)9/h1-5,8-9H. The third-order valence-corrected chi connectivity index (χ3v) is 1.50. The van der Waals surface area contributed by atoms with E-state index < -0.39 is 0 Å². The Labute approximate surface area is 59.6 Å². The molecule has 2 heteroatoms. The Kier molecular flexibility index (Phi) is 1.90. The molecule has 0 aliphatic rings. The number of nitrogens with one attached hydrogen (secondary N) is 1. The monoisotopic (exact) mass is 137 g/mol. The van der Waals surface area contributed by atoms with Crippen LogP contribution in [0.25, 0.3) is 0 Å². The molecule has 1 aromatic carbocycles. The fourth-order valence-electron chi connectivity index (χ4n) is 0.610. The molecule has 0 fully saturated rings. The van der Waals surface area contributed by atoms with E-state index >= 15 is 0 Å². The Hall–Kier alpha value is -0.760. The Balaban J connectivity index is 3.15. The quantitative estimate of drug-likeness (QED) is 0.437. The van der Waals surface area contributed by atoms with Crippen LogP contribution >= 0.6 is 12.6 Å². The smallest absolute Gasteiger partial charge is 0.0261 e. The van der Waals surface area contributed by atoms with Crippen LogP contribution in [0.3, 0.4) is 0 Å². The van der Waals surface area contributed by atoms with Gasteiger partial charge in [-0.05, 0) is 6.07 Å². The topological polar surface area (TPSA) is 23.9 Å². The maximum absolute atomic E-state index is 6.91. The van der Waals surface area contributed by atoms with Crippen LogP contribution in [0.4, 0.5) is 0 Å². The highest BCUT2D eigenvalue weighted by atomic mass is 32.1. The van der Waals surface area contributed by atoms with Gasteiger partial charge in [0.2, 0.25) is 0 Å². The van der Waals surface area contributed by atoms with Crippen molar-refractivity contribution in [3.8, 4) is 0 Å². The summed E-state index contributed by atoms with van der Waals surface area (Å²) in [6.45, 7) is 0.